The van der Waals surface area contributed by atoms with Crippen molar-refractivity contribution in [1.29, 1.82) is 0 Å². The van der Waals surface area contributed by atoms with E-state index in [0.29, 0.717) is 24.7 Å². The van der Waals surface area contributed by atoms with E-state index in [1.165, 1.54) is 38.8 Å². The first kappa shape index (κ1) is 13.9. The van der Waals surface area contributed by atoms with Gasteiger partial charge in [0.1, 0.15) is 0 Å². The molecule has 2 saturated heterocycles. The van der Waals surface area contributed by atoms with Gasteiger partial charge in [0.15, 0.2) is 0 Å². The van der Waals surface area contributed by atoms with E-state index in [-0.39, 0.29) is 0 Å². The molecule has 20 heavy (non-hydrogen) atoms. The molecule has 3 rings (SSSR count). The number of anilines is 1. The van der Waals surface area contributed by atoms with Crippen LogP contribution in [0.15, 0.2) is 12.4 Å². The zero-order valence-corrected chi connectivity index (χ0v) is 12.6. The largest absolute Gasteiger partial charge is 0.383 e. The standard InChI is InChI=1S/C15H26N4O/c1-12(11-20-2)19-10-7-16-15(19)17-13-6-9-18-8-4-3-5-14(13)18/h7,10,12-14H,3-6,8-9,11H2,1-2H3,(H,16,17). The summed E-state index contributed by atoms with van der Waals surface area (Å²) in [5, 5.41) is 3.68. The van der Waals surface area contributed by atoms with Gasteiger partial charge in [0, 0.05) is 38.1 Å². The number of piperidine rings is 1. The summed E-state index contributed by atoms with van der Waals surface area (Å²) in [4.78, 5) is 7.14. The third-order valence-electron chi connectivity index (χ3n) is 4.72. The van der Waals surface area contributed by atoms with E-state index < -0.39 is 0 Å². The number of nitrogens with one attached hydrogen (secondary N) is 1. The lowest BCUT2D eigenvalue weighted by Gasteiger charge is -2.33. The molecule has 5 nitrogen and oxygen atoms in total. The monoisotopic (exact) mass is 278 g/mol. The van der Waals surface area contributed by atoms with Crippen molar-refractivity contribution >= 4 is 5.95 Å². The lowest BCUT2D eigenvalue weighted by molar-refractivity contribution is 0.162. The fourth-order valence-electron chi connectivity index (χ4n) is 3.68. The maximum absolute atomic E-state index is 5.25. The molecule has 1 aromatic rings. The van der Waals surface area contributed by atoms with E-state index in [1.807, 2.05) is 12.4 Å². The summed E-state index contributed by atoms with van der Waals surface area (Å²) >= 11 is 0. The van der Waals surface area contributed by atoms with Crippen LogP contribution in [0.4, 0.5) is 5.95 Å². The molecular weight excluding hydrogens is 252 g/mol. The Labute approximate surface area is 121 Å². The summed E-state index contributed by atoms with van der Waals surface area (Å²) in [7, 11) is 1.75. The Bertz CT molecular complexity index is 433. The maximum atomic E-state index is 5.25. The highest BCUT2D eigenvalue weighted by molar-refractivity contribution is 5.30. The van der Waals surface area contributed by atoms with Gasteiger partial charge < -0.3 is 14.6 Å². The zero-order chi connectivity index (χ0) is 13.9. The zero-order valence-electron chi connectivity index (χ0n) is 12.6. The number of ether oxygens (including phenoxy) is 1. The van der Waals surface area contributed by atoms with Gasteiger partial charge in [-0.15, -0.1) is 0 Å². The van der Waals surface area contributed by atoms with E-state index in [0.717, 1.165) is 5.95 Å². The van der Waals surface area contributed by atoms with E-state index in [2.05, 4.69) is 26.7 Å². The topological polar surface area (TPSA) is 42.3 Å². The van der Waals surface area contributed by atoms with Crippen molar-refractivity contribution in [2.45, 2.75) is 50.7 Å². The normalized spacial score (nSPS) is 28.3. The smallest absolute Gasteiger partial charge is 0.203 e. The molecular formula is C15H26N4O. The number of fused-ring (bicyclic) bond motifs is 1. The lowest BCUT2D eigenvalue weighted by atomic mass is 9.99. The average molecular weight is 278 g/mol. The first-order valence-electron chi connectivity index (χ1n) is 7.82. The molecule has 0 spiro atoms. The van der Waals surface area contributed by atoms with Crippen LogP contribution in [0.3, 0.4) is 0 Å². The van der Waals surface area contributed by atoms with Crippen molar-refractivity contribution in [3.63, 3.8) is 0 Å². The van der Waals surface area contributed by atoms with Gasteiger partial charge in [-0.25, -0.2) is 4.98 Å². The lowest BCUT2D eigenvalue weighted by Crippen LogP contribution is -2.42. The van der Waals surface area contributed by atoms with Gasteiger partial charge in [-0.2, -0.15) is 0 Å². The van der Waals surface area contributed by atoms with Gasteiger partial charge >= 0.3 is 0 Å². The fraction of sp³-hybridized carbons (Fsp3) is 0.800. The van der Waals surface area contributed by atoms with Crippen LogP contribution in [0, 0.1) is 0 Å². The Morgan fingerprint density at radius 2 is 2.30 bits per heavy atom. The Morgan fingerprint density at radius 1 is 1.40 bits per heavy atom. The Morgan fingerprint density at radius 3 is 3.15 bits per heavy atom. The average Bonchev–Trinajstić information content (AvgIpc) is 3.07. The first-order valence-corrected chi connectivity index (χ1v) is 7.82. The van der Waals surface area contributed by atoms with E-state index in [9.17, 15) is 0 Å². The summed E-state index contributed by atoms with van der Waals surface area (Å²) < 4.78 is 7.44. The van der Waals surface area contributed by atoms with E-state index >= 15 is 0 Å². The van der Waals surface area contributed by atoms with Crippen molar-refractivity contribution < 1.29 is 4.74 Å². The molecule has 2 fully saturated rings. The molecule has 3 atom stereocenters. The Balaban J connectivity index is 1.67. The summed E-state index contributed by atoms with van der Waals surface area (Å²) in [5.74, 6) is 0.993. The molecule has 0 aromatic carbocycles. The molecule has 112 valence electrons. The van der Waals surface area contributed by atoms with Crippen LogP contribution < -0.4 is 5.32 Å². The van der Waals surface area contributed by atoms with Crippen molar-refractivity contribution in [3.05, 3.63) is 12.4 Å². The van der Waals surface area contributed by atoms with Crippen LogP contribution >= 0.6 is 0 Å². The molecule has 2 aliphatic rings. The summed E-state index contributed by atoms with van der Waals surface area (Å²) in [5.41, 5.74) is 0. The number of hydrogen-bond donors (Lipinski definition) is 1. The molecule has 0 amide bonds. The van der Waals surface area contributed by atoms with Crippen molar-refractivity contribution in [3.8, 4) is 0 Å². The van der Waals surface area contributed by atoms with Gasteiger partial charge in [0.05, 0.1) is 12.6 Å². The van der Waals surface area contributed by atoms with Crippen molar-refractivity contribution in [2.24, 2.45) is 0 Å². The van der Waals surface area contributed by atoms with Crippen LogP contribution in [-0.4, -0.2) is 53.3 Å². The SMILES string of the molecule is COCC(C)n1ccnc1NC1CCN2CCCCC12. The van der Waals surface area contributed by atoms with Gasteiger partial charge in [-0.05, 0) is 32.7 Å². The Kier molecular flexibility index (Phi) is 4.27. The molecule has 0 aliphatic carbocycles. The molecule has 3 heterocycles. The molecule has 1 aromatic heterocycles. The summed E-state index contributed by atoms with van der Waals surface area (Å²) in [6.07, 6.45) is 9.21. The maximum Gasteiger partial charge on any atom is 0.203 e. The number of imidazole rings is 1. The quantitative estimate of drug-likeness (QED) is 0.896. The van der Waals surface area contributed by atoms with Crippen molar-refractivity contribution in [1.82, 2.24) is 14.5 Å². The number of methoxy groups -OCH3 is 1. The third kappa shape index (κ3) is 2.69. The first-order chi connectivity index (χ1) is 9.79. The predicted octanol–water partition coefficient (Wildman–Crippen LogP) is 2.13. The second-order valence-corrected chi connectivity index (χ2v) is 6.10. The third-order valence-corrected chi connectivity index (χ3v) is 4.72. The van der Waals surface area contributed by atoms with Crippen LogP contribution in [0.25, 0.3) is 0 Å². The molecule has 2 aliphatic heterocycles. The van der Waals surface area contributed by atoms with Gasteiger partial charge in [-0.1, -0.05) is 6.42 Å². The number of aromatic nitrogens is 2. The predicted molar refractivity (Wildman–Crippen MR) is 80.1 cm³/mol. The Hall–Kier alpha value is -1.07. The fourth-order valence-corrected chi connectivity index (χ4v) is 3.68. The van der Waals surface area contributed by atoms with Gasteiger partial charge in [-0.3, -0.25) is 4.90 Å². The van der Waals surface area contributed by atoms with Gasteiger partial charge in [0.25, 0.3) is 0 Å². The van der Waals surface area contributed by atoms with Crippen LogP contribution in [0.2, 0.25) is 0 Å². The molecule has 0 saturated carbocycles. The van der Waals surface area contributed by atoms with Gasteiger partial charge in [0.2, 0.25) is 5.95 Å². The second kappa shape index (κ2) is 6.14. The molecule has 0 radical (unpaired) electrons. The van der Waals surface area contributed by atoms with Crippen LogP contribution in [-0.2, 0) is 4.74 Å². The van der Waals surface area contributed by atoms with Crippen molar-refractivity contribution in [2.75, 3.05) is 32.1 Å². The second-order valence-electron chi connectivity index (χ2n) is 6.10. The minimum atomic E-state index is 0.314. The minimum Gasteiger partial charge on any atom is -0.383 e. The highest BCUT2D eigenvalue weighted by Gasteiger charge is 2.35. The van der Waals surface area contributed by atoms with E-state index in [1.54, 1.807) is 7.11 Å². The van der Waals surface area contributed by atoms with Crippen LogP contribution in [0.5, 0.6) is 0 Å². The molecule has 5 heteroatoms. The summed E-state index contributed by atoms with van der Waals surface area (Å²) in [6, 6.07) is 1.56. The molecule has 3 unspecified atom stereocenters. The number of nitrogens with zero attached hydrogens (tertiary/aromatic N) is 3. The summed E-state index contributed by atoms with van der Waals surface area (Å²) in [6.45, 7) is 5.39. The highest BCUT2D eigenvalue weighted by atomic mass is 16.5. The van der Waals surface area contributed by atoms with Crippen LogP contribution in [0.1, 0.15) is 38.6 Å². The molecule has 1 N–H and O–H groups in total. The van der Waals surface area contributed by atoms with E-state index in [4.69, 9.17) is 4.74 Å². The highest BCUT2D eigenvalue weighted by Crippen LogP contribution is 2.29. The minimum absolute atomic E-state index is 0.314. The molecule has 0 bridgehead atoms. The number of rotatable bonds is 5. The number of hydrogen-bond acceptors (Lipinski definition) is 4.